The van der Waals surface area contributed by atoms with Gasteiger partial charge in [0.1, 0.15) is 0 Å². The number of hydrogen-bond donors (Lipinski definition) is 1. The highest BCUT2D eigenvalue weighted by atomic mass is 32.1. The van der Waals surface area contributed by atoms with E-state index in [0.717, 1.165) is 6.54 Å². The van der Waals surface area contributed by atoms with Gasteiger partial charge in [0.15, 0.2) is 0 Å². The molecule has 1 aliphatic carbocycles. The molecule has 1 fully saturated rings. The van der Waals surface area contributed by atoms with Crippen molar-refractivity contribution < 1.29 is 0 Å². The Labute approximate surface area is 96.1 Å². The lowest BCUT2D eigenvalue weighted by atomic mass is 9.72. The monoisotopic (exact) mass is 224 g/mol. The van der Waals surface area contributed by atoms with Gasteiger partial charge in [-0.05, 0) is 25.3 Å². The van der Waals surface area contributed by atoms with Crippen LogP contribution >= 0.6 is 11.3 Å². The molecule has 1 aliphatic rings. The highest BCUT2D eigenvalue weighted by molar-refractivity contribution is 7.09. The summed E-state index contributed by atoms with van der Waals surface area (Å²) in [4.78, 5) is 4.43. The lowest BCUT2D eigenvalue weighted by molar-refractivity contribution is 0.185. The van der Waals surface area contributed by atoms with E-state index in [4.69, 9.17) is 0 Å². The van der Waals surface area contributed by atoms with Crippen LogP contribution in [0.25, 0.3) is 0 Å². The van der Waals surface area contributed by atoms with Crippen molar-refractivity contribution in [2.24, 2.45) is 5.41 Å². The molecule has 0 atom stereocenters. The number of thiazole rings is 1. The van der Waals surface area contributed by atoms with Gasteiger partial charge >= 0.3 is 0 Å². The fourth-order valence-corrected chi connectivity index (χ4v) is 3.54. The molecule has 1 aromatic rings. The molecule has 0 spiro atoms. The van der Waals surface area contributed by atoms with Crippen molar-refractivity contribution in [1.82, 2.24) is 10.3 Å². The normalized spacial score (nSPS) is 20.3. The lowest BCUT2D eigenvalue weighted by Crippen LogP contribution is -2.36. The molecule has 0 aromatic carbocycles. The summed E-state index contributed by atoms with van der Waals surface area (Å²) in [7, 11) is 2.07. The van der Waals surface area contributed by atoms with Gasteiger partial charge in [-0.15, -0.1) is 11.3 Å². The topological polar surface area (TPSA) is 24.9 Å². The molecule has 0 saturated heterocycles. The van der Waals surface area contributed by atoms with E-state index in [1.54, 1.807) is 11.3 Å². The van der Waals surface area contributed by atoms with Gasteiger partial charge < -0.3 is 5.32 Å². The second-order valence-corrected chi connectivity index (χ2v) is 5.67. The van der Waals surface area contributed by atoms with E-state index in [0.29, 0.717) is 5.41 Å². The maximum absolute atomic E-state index is 4.43. The van der Waals surface area contributed by atoms with Crippen LogP contribution < -0.4 is 5.32 Å². The second kappa shape index (κ2) is 5.08. The van der Waals surface area contributed by atoms with E-state index in [9.17, 15) is 0 Å². The lowest BCUT2D eigenvalue weighted by Gasteiger charge is -2.36. The van der Waals surface area contributed by atoms with Crippen LogP contribution in [-0.4, -0.2) is 18.6 Å². The summed E-state index contributed by atoms with van der Waals surface area (Å²) in [5.41, 5.74) is 0.491. The molecule has 1 heterocycles. The van der Waals surface area contributed by atoms with Gasteiger partial charge in [-0.3, -0.25) is 0 Å². The maximum atomic E-state index is 4.43. The largest absolute Gasteiger partial charge is 0.319 e. The first-order chi connectivity index (χ1) is 7.35. The smallest absolute Gasteiger partial charge is 0.0930 e. The fourth-order valence-electron chi connectivity index (χ4n) is 2.75. The highest BCUT2D eigenvalue weighted by Gasteiger charge is 2.32. The van der Waals surface area contributed by atoms with E-state index in [1.807, 2.05) is 6.20 Å². The molecule has 84 valence electrons. The average molecular weight is 224 g/mol. The highest BCUT2D eigenvalue weighted by Crippen LogP contribution is 2.38. The predicted octanol–water partition coefficient (Wildman–Crippen LogP) is 2.86. The molecule has 1 saturated carbocycles. The first kappa shape index (κ1) is 11.1. The molecule has 0 radical (unpaired) electrons. The summed E-state index contributed by atoms with van der Waals surface area (Å²) in [5, 5.41) is 6.77. The Morgan fingerprint density at radius 3 is 2.80 bits per heavy atom. The predicted molar refractivity (Wildman–Crippen MR) is 65.3 cm³/mol. The van der Waals surface area contributed by atoms with Gasteiger partial charge in [-0.2, -0.15) is 0 Å². The van der Waals surface area contributed by atoms with Gasteiger partial charge in [0, 0.05) is 24.5 Å². The summed E-state index contributed by atoms with van der Waals surface area (Å²) in [5.74, 6) is 0. The zero-order valence-corrected chi connectivity index (χ0v) is 10.3. The fraction of sp³-hybridized carbons (Fsp3) is 0.750. The Balaban J connectivity index is 2.04. The van der Waals surface area contributed by atoms with E-state index < -0.39 is 0 Å². The van der Waals surface area contributed by atoms with Crippen molar-refractivity contribution in [3.63, 3.8) is 0 Å². The SMILES string of the molecule is CNCC1(Cc2nccs2)CCCCC1. The Morgan fingerprint density at radius 1 is 1.40 bits per heavy atom. The summed E-state index contributed by atoms with van der Waals surface area (Å²) < 4.78 is 0. The third-order valence-corrected chi connectivity index (χ3v) is 4.26. The Kier molecular flexibility index (Phi) is 3.76. The Morgan fingerprint density at radius 2 is 2.20 bits per heavy atom. The average Bonchev–Trinajstić information content (AvgIpc) is 2.72. The minimum Gasteiger partial charge on any atom is -0.319 e. The van der Waals surface area contributed by atoms with Crippen molar-refractivity contribution >= 4 is 11.3 Å². The molecular formula is C12H20N2S. The number of nitrogens with one attached hydrogen (secondary N) is 1. The third-order valence-electron chi connectivity index (χ3n) is 3.48. The van der Waals surface area contributed by atoms with Crippen LogP contribution in [0.5, 0.6) is 0 Å². The van der Waals surface area contributed by atoms with E-state index >= 15 is 0 Å². The summed E-state index contributed by atoms with van der Waals surface area (Å²) in [6, 6.07) is 0. The zero-order chi connectivity index (χ0) is 10.6. The zero-order valence-electron chi connectivity index (χ0n) is 9.46. The van der Waals surface area contributed by atoms with Gasteiger partial charge in [0.05, 0.1) is 5.01 Å². The first-order valence-corrected chi connectivity index (χ1v) is 6.76. The molecule has 15 heavy (non-hydrogen) atoms. The molecule has 0 aliphatic heterocycles. The second-order valence-electron chi connectivity index (χ2n) is 4.69. The quantitative estimate of drug-likeness (QED) is 0.850. The summed E-state index contributed by atoms with van der Waals surface area (Å²) >= 11 is 1.80. The minimum absolute atomic E-state index is 0.491. The van der Waals surface area contributed by atoms with Gasteiger partial charge in [0.2, 0.25) is 0 Å². The molecule has 1 N–H and O–H groups in total. The van der Waals surface area contributed by atoms with Crippen molar-refractivity contribution in [2.45, 2.75) is 38.5 Å². The number of aromatic nitrogens is 1. The van der Waals surface area contributed by atoms with Crippen LogP contribution in [0.1, 0.15) is 37.1 Å². The number of nitrogens with zero attached hydrogens (tertiary/aromatic N) is 1. The maximum Gasteiger partial charge on any atom is 0.0930 e. The standard InChI is InChI=1S/C12H20N2S/c1-13-10-12(5-3-2-4-6-12)9-11-14-7-8-15-11/h7-8,13H,2-6,9-10H2,1H3. The first-order valence-electron chi connectivity index (χ1n) is 5.88. The van der Waals surface area contributed by atoms with Gasteiger partial charge in [0.25, 0.3) is 0 Å². The Bertz CT molecular complexity index is 270. The van der Waals surface area contributed by atoms with Crippen LogP contribution in [0.3, 0.4) is 0 Å². The molecule has 0 unspecified atom stereocenters. The van der Waals surface area contributed by atoms with Gasteiger partial charge in [-0.25, -0.2) is 4.98 Å². The summed E-state index contributed by atoms with van der Waals surface area (Å²) in [6.45, 7) is 1.15. The van der Waals surface area contributed by atoms with Crippen LogP contribution in [0, 0.1) is 5.41 Å². The van der Waals surface area contributed by atoms with Crippen LogP contribution in [-0.2, 0) is 6.42 Å². The summed E-state index contributed by atoms with van der Waals surface area (Å²) in [6.07, 6.45) is 10.0. The van der Waals surface area contributed by atoms with E-state index in [1.165, 1.54) is 43.5 Å². The van der Waals surface area contributed by atoms with Crippen LogP contribution in [0.4, 0.5) is 0 Å². The van der Waals surface area contributed by atoms with E-state index in [-0.39, 0.29) is 0 Å². The van der Waals surface area contributed by atoms with Crippen molar-refractivity contribution in [1.29, 1.82) is 0 Å². The number of rotatable bonds is 4. The minimum atomic E-state index is 0.491. The van der Waals surface area contributed by atoms with Crippen molar-refractivity contribution in [3.05, 3.63) is 16.6 Å². The third kappa shape index (κ3) is 2.79. The van der Waals surface area contributed by atoms with Crippen LogP contribution in [0.15, 0.2) is 11.6 Å². The molecule has 1 aromatic heterocycles. The molecule has 3 heteroatoms. The molecule has 0 bridgehead atoms. The number of hydrogen-bond acceptors (Lipinski definition) is 3. The van der Waals surface area contributed by atoms with Gasteiger partial charge in [-0.1, -0.05) is 19.3 Å². The van der Waals surface area contributed by atoms with Crippen molar-refractivity contribution in [3.8, 4) is 0 Å². The molecular weight excluding hydrogens is 204 g/mol. The Hall–Kier alpha value is -0.410. The van der Waals surface area contributed by atoms with Crippen molar-refractivity contribution in [2.75, 3.05) is 13.6 Å². The molecule has 2 rings (SSSR count). The van der Waals surface area contributed by atoms with Crippen LogP contribution in [0.2, 0.25) is 0 Å². The van der Waals surface area contributed by atoms with E-state index in [2.05, 4.69) is 22.7 Å². The molecule has 2 nitrogen and oxygen atoms in total. The molecule has 0 amide bonds.